The molecule has 2 heterocycles. The van der Waals surface area contributed by atoms with Gasteiger partial charge in [0.15, 0.2) is 5.13 Å². The maximum atomic E-state index is 10.4. The number of aromatic nitrogens is 1. The molecule has 2 aromatic heterocycles. The zero-order chi connectivity index (χ0) is 11.5. The third-order valence-electron chi connectivity index (χ3n) is 1.72. The summed E-state index contributed by atoms with van der Waals surface area (Å²) in [4.78, 5) is 15.6. The van der Waals surface area contributed by atoms with Gasteiger partial charge in [0.2, 0.25) is 0 Å². The van der Waals surface area contributed by atoms with Gasteiger partial charge in [-0.25, -0.2) is 4.98 Å². The maximum absolute atomic E-state index is 10.4. The second-order valence-electron chi connectivity index (χ2n) is 2.89. The Morgan fingerprint density at radius 2 is 2.38 bits per heavy atom. The van der Waals surface area contributed by atoms with Crippen LogP contribution in [0, 0.1) is 0 Å². The zero-order valence-corrected chi connectivity index (χ0v) is 10.3. The Kier molecular flexibility index (Phi) is 3.42. The van der Waals surface area contributed by atoms with Crippen molar-refractivity contribution in [2.24, 2.45) is 0 Å². The van der Waals surface area contributed by atoms with Gasteiger partial charge in [0, 0.05) is 5.38 Å². The van der Waals surface area contributed by atoms with E-state index in [9.17, 15) is 4.79 Å². The quantitative estimate of drug-likeness (QED) is 0.900. The van der Waals surface area contributed by atoms with Crippen LogP contribution in [-0.4, -0.2) is 22.6 Å². The van der Waals surface area contributed by atoms with E-state index in [0.717, 1.165) is 10.6 Å². The molecule has 0 saturated heterocycles. The monoisotopic (exact) mass is 274 g/mol. The summed E-state index contributed by atoms with van der Waals surface area (Å²) in [7, 11) is 0. The highest BCUT2D eigenvalue weighted by molar-refractivity contribution is 7.20. The summed E-state index contributed by atoms with van der Waals surface area (Å²) in [6, 6.07) is 3.70. The molecule has 0 unspecified atom stereocenters. The SMILES string of the molecule is O=C(O)CNc1nc(-c2ccc(Cl)s2)cs1. The van der Waals surface area contributed by atoms with Crippen LogP contribution in [0.5, 0.6) is 0 Å². The third kappa shape index (κ3) is 2.72. The summed E-state index contributed by atoms with van der Waals surface area (Å²) in [5.74, 6) is -0.907. The van der Waals surface area contributed by atoms with Crippen LogP contribution >= 0.6 is 34.3 Å². The van der Waals surface area contributed by atoms with E-state index < -0.39 is 5.97 Å². The minimum atomic E-state index is -0.907. The Morgan fingerprint density at radius 3 is 3.00 bits per heavy atom. The van der Waals surface area contributed by atoms with Crippen LogP contribution in [0.2, 0.25) is 4.34 Å². The summed E-state index contributed by atoms with van der Waals surface area (Å²) in [6.07, 6.45) is 0. The smallest absolute Gasteiger partial charge is 0.322 e. The normalized spacial score (nSPS) is 10.3. The highest BCUT2D eigenvalue weighted by atomic mass is 35.5. The van der Waals surface area contributed by atoms with Gasteiger partial charge in [0.1, 0.15) is 6.54 Å². The number of thiophene rings is 1. The number of carbonyl (C=O) groups is 1. The van der Waals surface area contributed by atoms with Crippen molar-refractivity contribution >= 4 is 45.4 Å². The maximum Gasteiger partial charge on any atom is 0.322 e. The fourth-order valence-corrected chi connectivity index (χ4v) is 2.86. The van der Waals surface area contributed by atoms with Crippen molar-refractivity contribution in [3.63, 3.8) is 0 Å². The molecule has 0 fully saturated rings. The minimum Gasteiger partial charge on any atom is -0.480 e. The molecule has 4 nitrogen and oxygen atoms in total. The Bertz CT molecular complexity index is 509. The van der Waals surface area contributed by atoms with Gasteiger partial charge in [-0.1, -0.05) is 11.6 Å². The van der Waals surface area contributed by atoms with E-state index in [0.29, 0.717) is 9.47 Å². The van der Waals surface area contributed by atoms with E-state index >= 15 is 0 Å². The van der Waals surface area contributed by atoms with E-state index in [-0.39, 0.29) is 6.54 Å². The lowest BCUT2D eigenvalue weighted by Gasteiger charge is -1.95. The number of nitrogens with zero attached hydrogens (tertiary/aromatic N) is 1. The molecule has 2 aromatic rings. The Labute approximate surface area is 105 Å². The van der Waals surface area contributed by atoms with E-state index in [1.807, 2.05) is 17.5 Å². The third-order valence-corrected chi connectivity index (χ3v) is 3.77. The first-order valence-corrected chi connectivity index (χ1v) is 6.39. The van der Waals surface area contributed by atoms with Gasteiger partial charge < -0.3 is 10.4 Å². The van der Waals surface area contributed by atoms with Crippen molar-refractivity contribution in [3.8, 4) is 10.6 Å². The van der Waals surface area contributed by atoms with Crippen LogP contribution in [0.15, 0.2) is 17.5 Å². The average molecular weight is 275 g/mol. The number of rotatable bonds is 4. The van der Waals surface area contributed by atoms with Crippen molar-refractivity contribution in [3.05, 3.63) is 21.8 Å². The van der Waals surface area contributed by atoms with Crippen molar-refractivity contribution in [1.82, 2.24) is 4.98 Å². The number of hydrogen-bond acceptors (Lipinski definition) is 5. The molecule has 0 aliphatic rings. The molecule has 0 atom stereocenters. The first-order chi connectivity index (χ1) is 7.65. The Balaban J connectivity index is 2.10. The molecule has 0 aliphatic heterocycles. The van der Waals surface area contributed by atoms with E-state index in [4.69, 9.17) is 16.7 Å². The number of carboxylic acids is 1. The number of nitrogens with one attached hydrogen (secondary N) is 1. The van der Waals surface area contributed by atoms with E-state index in [2.05, 4.69) is 10.3 Å². The fraction of sp³-hybridized carbons (Fsp3) is 0.111. The van der Waals surface area contributed by atoms with Gasteiger partial charge >= 0.3 is 5.97 Å². The van der Waals surface area contributed by atoms with Crippen molar-refractivity contribution in [1.29, 1.82) is 0 Å². The van der Waals surface area contributed by atoms with Crippen LogP contribution < -0.4 is 5.32 Å². The second kappa shape index (κ2) is 4.82. The van der Waals surface area contributed by atoms with Crippen LogP contribution in [0.4, 0.5) is 5.13 Å². The zero-order valence-electron chi connectivity index (χ0n) is 7.94. The van der Waals surface area contributed by atoms with Gasteiger partial charge in [0.05, 0.1) is 14.9 Å². The van der Waals surface area contributed by atoms with Crippen LogP contribution in [0.1, 0.15) is 0 Å². The molecule has 7 heteroatoms. The van der Waals surface area contributed by atoms with Crippen LogP contribution in [-0.2, 0) is 4.79 Å². The number of hydrogen-bond donors (Lipinski definition) is 2. The lowest BCUT2D eigenvalue weighted by molar-refractivity contribution is -0.134. The Morgan fingerprint density at radius 1 is 1.56 bits per heavy atom. The molecule has 2 rings (SSSR count). The first kappa shape index (κ1) is 11.4. The van der Waals surface area contributed by atoms with Crippen molar-refractivity contribution in [2.75, 3.05) is 11.9 Å². The van der Waals surface area contributed by atoms with E-state index in [1.54, 1.807) is 0 Å². The second-order valence-corrected chi connectivity index (χ2v) is 5.46. The molecule has 2 N–H and O–H groups in total. The molecule has 0 amide bonds. The van der Waals surface area contributed by atoms with Crippen LogP contribution in [0.25, 0.3) is 10.6 Å². The summed E-state index contributed by atoms with van der Waals surface area (Å²) >= 11 is 8.64. The molecular weight excluding hydrogens is 268 g/mol. The molecule has 0 spiro atoms. The lowest BCUT2D eigenvalue weighted by atomic mass is 10.4. The average Bonchev–Trinajstić information content (AvgIpc) is 2.83. The topological polar surface area (TPSA) is 62.2 Å². The number of carboxylic acid groups (broad SMARTS) is 1. The summed E-state index contributed by atoms with van der Waals surface area (Å²) in [6.45, 7) is -0.127. The predicted octanol–water partition coefficient (Wildman–Crippen LogP) is 3.02. The molecule has 0 aromatic carbocycles. The number of halogens is 1. The molecule has 0 radical (unpaired) electrons. The van der Waals surface area contributed by atoms with Gasteiger partial charge in [-0.2, -0.15) is 0 Å². The molecule has 0 aliphatic carbocycles. The largest absolute Gasteiger partial charge is 0.480 e. The van der Waals surface area contributed by atoms with Gasteiger partial charge in [-0.3, -0.25) is 4.79 Å². The number of aliphatic carboxylic acids is 1. The Hall–Kier alpha value is -1.11. The lowest BCUT2D eigenvalue weighted by Crippen LogP contribution is -2.11. The van der Waals surface area contributed by atoms with Crippen LogP contribution in [0.3, 0.4) is 0 Å². The highest BCUT2D eigenvalue weighted by Crippen LogP contribution is 2.32. The molecule has 84 valence electrons. The minimum absolute atomic E-state index is 0.127. The predicted molar refractivity (Wildman–Crippen MR) is 66.6 cm³/mol. The molecule has 16 heavy (non-hydrogen) atoms. The van der Waals surface area contributed by atoms with Crippen molar-refractivity contribution < 1.29 is 9.90 Å². The molecule has 0 saturated carbocycles. The van der Waals surface area contributed by atoms with Gasteiger partial charge in [-0.05, 0) is 12.1 Å². The summed E-state index contributed by atoms with van der Waals surface area (Å²) < 4.78 is 0.711. The molecule has 0 bridgehead atoms. The fourth-order valence-electron chi connectivity index (χ4n) is 1.07. The standard InChI is InChI=1S/C9H7ClN2O2S2/c10-7-2-1-6(16-7)5-4-15-9(12-5)11-3-8(13)14/h1-2,4H,3H2,(H,11,12)(H,13,14). The van der Waals surface area contributed by atoms with Gasteiger partial charge in [-0.15, -0.1) is 22.7 Å². The summed E-state index contributed by atoms with van der Waals surface area (Å²) in [5.41, 5.74) is 0.815. The number of thiazole rings is 1. The first-order valence-electron chi connectivity index (χ1n) is 4.32. The highest BCUT2D eigenvalue weighted by Gasteiger charge is 2.07. The van der Waals surface area contributed by atoms with E-state index in [1.165, 1.54) is 22.7 Å². The van der Waals surface area contributed by atoms with Gasteiger partial charge in [0.25, 0.3) is 0 Å². The summed E-state index contributed by atoms with van der Waals surface area (Å²) in [5, 5.41) is 13.7. The van der Waals surface area contributed by atoms with Crippen molar-refractivity contribution in [2.45, 2.75) is 0 Å². The number of anilines is 1. The molecular formula is C9H7ClN2O2S2.